The molecule has 0 spiro atoms. The van der Waals surface area contributed by atoms with E-state index in [2.05, 4.69) is 51.5 Å². The van der Waals surface area contributed by atoms with Gasteiger partial charge in [-0.3, -0.25) is 0 Å². The summed E-state index contributed by atoms with van der Waals surface area (Å²) in [5.74, 6) is 1.37. The Morgan fingerprint density at radius 2 is 1.92 bits per heavy atom. The molecule has 2 N–H and O–H groups in total. The Labute approximate surface area is 151 Å². The smallest absolute Gasteiger partial charge is 0.243 e. The summed E-state index contributed by atoms with van der Waals surface area (Å²) in [4.78, 5) is 12.7. The predicted molar refractivity (Wildman–Crippen MR) is 103 cm³/mol. The molecular weight excluding hydrogens is 324 g/mol. The van der Waals surface area contributed by atoms with Gasteiger partial charge in [-0.1, -0.05) is 43.3 Å². The van der Waals surface area contributed by atoms with Gasteiger partial charge in [0, 0.05) is 5.56 Å². The van der Waals surface area contributed by atoms with E-state index in [0.717, 1.165) is 34.5 Å². The number of hydrogen-bond acceptors (Lipinski definition) is 5. The summed E-state index contributed by atoms with van der Waals surface area (Å²) in [6, 6.07) is 16.1. The topological polar surface area (TPSA) is 79.4 Å². The Hall–Kier alpha value is -3.28. The minimum Gasteiger partial charge on any atom is -0.343 e. The van der Waals surface area contributed by atoms with Crippen molar-refractivity contribution in [3.63, 3.8) is 0 Å². The van der Waals surface area contributed by atoms with Gasteiger partial charge >= 0.3 is 0 Å². The second-order valence-electron chi connectivity index (χ2n) is 6.28. The lowest BCUT2D eigenvalue weighted by molar-refractivity contribution is 0.694. The first-order valence-electron chi connectivity index (χ1n) is 8.71. The first-order valence-corrected chi connectivity index (χ1v) is 8.71. The van der Waals surface area contributed by atoms with Crippen LogP contribution in [0.5, 0.6) is 0 Å². The summed E-state index contributed by atoms with van der Waals surface area (Å²) < 4.78 is 0. The van der Waals surface area contributed by atoms with Gasteiger partial charge in [0.15, 0.2) is 0 Å². The van der Waals surface area contributed by atoms with E-state index in [1.54, 1.807) is 6.20 Å². The van der Waals surface area contributed by atoms with Crippen molar-refractivity contribution in [3.05, 3.63) is 66.1 Å². The number of aryl methyl sites for hydroxylation is 1. The molecule has 0 unspecified atom stereocenters. The van der Waals surface area contributed by atoms with Crippen LogP contribution in [-0.4, -0.2) is 25.1 Å². The summed E-state index contributed by atoms with van der Waals surface area (Å²) in [5, 5.41) is 11.6. The molecule has 6 nitrogen and oxygen atoms in total. The molecule has 0 aliphatic heterocycles. The fraction of sp³-hybridized carbons (Fsp3) is 0.200. The zero-order chi connectivity index (χ0) is 17.9. The number of fused-ring (bicyclic) bond motifs is 1. The van der Waals surface area contributed by atoms with Crippen molar-refractivity contribution in [2.45, 2.75) is 26.3 Å². The van der Waals surface area contributed by atoms with Crippen molar-refractivity contribution < 1.29 is 0 Å². The normalized spacial score (nSPS) is 12.2. The number of hydrogen-bond donors (Lipinski definition) is 2. The molecule has 0 saturated carbocycles. The quantitative estimate of drug-likeness (QED) is 0.565. The first-order chi connectivity index (χ1) is 12.7. The maximum atomic E-state index is 4.71. The summed E-state index contributed by atoms with van der Waals surface area (Å²) in [7, 11) is 0. The Balaban J connectivity index is 1.62. The molecule has 1 atom stereocenters. The van der Waals surface area contributed by atoms with E-state index in [0.29, 0.717) is 5.95 Å². The third-order valence-corrected chi connectivity index (χ3v) is 4.33. The molecule has 0 fully saturated rings. The maximum Gasteiger partial charge on any atom is 0.243 e. The van der Waals surface area contributed by atoms with E-state index < -0.39 is 0 Å². The Morgan fingerprint density at radius 3 is 2.73 bits per heavy atom. The number of H-pyrrole nitrogens is 1. The van der Waals surface area contributed by atoms with Gasteiger partial charge in [0.2, 0.25) is 5.95 Å². The molecule has 0 aliphatic carbocycles. The molecule has 4 rings (SSSR count). The highest BCUT2D eigenvalue weighted by molar-refractivity contribution is 5.76. The average molecular weight is 344 g/mol. The van der Waals surface area contributed by atoms with Crippen molar-refractivity contribution in [1.29, 1.82) is 0 Å². The van der Waals surface area contributed by atoms with Crippen LogP contribution in [0.15, 0.2) is 54.7 Å². The fourth-order valence-corrected chi connectivity index (χ4v) is 2.94. The van der Waals surface area contributed by atoms with Crippen molar-refractivity contribution >= 4 is 17.0 Å². The van der Waals surface area contributed by atoms with Crippen LogP contribution in [0, 0.1) is 6.92 Å². The number of rotatable bonds is 5. The third-order valence-electron chi connectivity index (χ3n) is 4.33. The van der Waals surface area contributed by atoms with Crippen LogP contribution in [0.2, 0.25) is 0 Å². The molecule has 130 valence electrons. The largest absolute Gasteiger partial charge is 0.343 e. The van der Waals surface area contributed by atoms with Crippen LogP contribution >= 0.6 is 0 Å². The predicted octanol–water partition coefficient (Wildman–Crippen LogP) is 4.29. The lowest BCUT2D eigenvalue weighted by atomic mass is 10.2. The molecule has 0 radical (unpaired) electrons. The zero-order valence-corrected chi connectivity index (χ0v) is 14.8. The molecule has 2 aromatic carbocycles. The number of nitrogens with one attached hydrogen (secondary N) is 2. The van der Waals surface area contributed by atoms with Gasteiger partial charge in [-0.2, -0.15) is 5.10 Å². The van der Waals surface area contributed by atoms with Gasteiger partial charge in [0.1, 0.15) is 5.82 Å². The monoisotopic (exact) mass is 344 g/mol. The van der Waals surface area contributed by atoms with Crippen molar-refractivity contribution in [1.82, 2.24) is 25.1 Å². The lowest BCUT2D eigenvalue weighted by Crippen LogP contribution is -2.14. The molecule has 2 heterocycles. The van der Waals surface area contributed by atoms with Gasteiger partial charge in [-0.25, -0.2) is 9.97 Å². The molecular formula is C20H20N6. The highest BCUT2D eigenvalue weighted by atomic mass is 15.2. The Morgan fingerprint density at radius 1 is 1.08 bits per heavy atom. The summed E-state index contributed by atoms with van der Waals surface area (Å²) in [6.07, 6.45) is 2.52. The maximum absolute atomic E-state index is 4.71. The summed E-state index contributed by atoms with van der Waals surface area (Å²) >= 11 is 0. The second kappa shape index (κ2) is 6.92. The zero-order valence-electron chi connectivity index (χ0n) is 14.8. The highest BCUT2D eigenvalue weighted by Crippen LogP contribution is 2.23. The highest BCUT2D eigenvalue weighted by Gasteiger charge is 2.16. The Kier molecular flexibility index (Phi) is 4.31. The van der Waals surface area contributed by atoms with Gasteiger partial charge in [0.25, 0.3) is 0 Å². The van der Waals surface area contributed by atoms with E-state index in [-0.39, 0.29) is 6.04 Å². The van der Waals surface area contributed by atoms with Crippen LogP contribution in [0.3, 0.4) is 0 Å². The van der Waals surface area contributed by atoms with E-state index in [4.69, 9.17) is 4.98 Å². The SMILES string of the molecule is CC[C@@H](Nc1nncc(-c2ccccc2)n1)c1nc2ccc(C)cc2[nH]1. The minimum absolute atomic E-state index is 0.0180. The molecule has 2 aromatic heterocycles. The van der Waals surface area contributed by atoms with E-state index >= 15 is 0 Å². The molecule has 0 amide bonds. The average Bonchev–Trinajstić information content (AvgIpc) is 3.10. The van der Waals surface area contributed by atoms with Crippen LogP contribution < -0.4 is 5.32 Å². The molecule has 0 aliphatic rings. The lowest BCUT2D eigenvalue weighted by Gasteiger charge is -2.14. The van der Waals surface area contributed by atoms with Crippen LogP contribution in [0.25, 0.3) is 22.3 Å². The molecule has 26 heavy (non-hydrogen) atoms. The van der Waals surface area contributed by atoms with E-state index in [1.165, 1.54) is 5.56 Å². The minimum atomic E-state index is -0.0180. The number of benzene rings is 2. The van der Waals surface area contributed by atoms with Crippen molar-refractivity contribution in [2.24, 2.45) is 0 Å². The number of imidazole rings is 1. The van der Waals surface area contributed by atoms with Gasteiger partial charge in [-0.15, -0.1) is 5.10 Å². The van der Waals surface area contributed by atoms with Crippen molar-refractivity contribution in [3.8, 4) is 11.3 Å². The number of aromatic amines is 1. The number of anilines is 1. The van der Waals surface area contributed by atoms with E-state index in [9.17, 15) is 0 Å². The number of aromatic nitrogens is 5. The fourth-order valence-electron chi connectivity index (χ4n) is 2.94. The van der Waals surface area contributed by atoms with Gasteiger partial charge < -0.3 is 10.3 Å². The number of nitrogens with zero attached hydrogens (tertiary/aromatic N) is 4. The molecule has 6 heteroatoms. The van der Waals surface area contributed by atoms with Crippen molar-refractivity contribution in [2.75, 3.05) is 5.32 Å². The van der Waals surface area contributed by atoms with Crippen LogP contribution in [-0.2, 0) is 0 Å². The Bertz CT molecular complexity index is 1020. The van der Waals surface area contributed by atoms with E-state index in [1.807, 2.05) is 36.4 Å². The second-order valence-corrected chi connectivity index (χ2v) is 6.28. The standard InChI is InChI=1S/C20H20N6/c1-3-15(19-22-16-10-9-13(2)11-17(16)23-19)24-20-25-18(12-21-26-20)14-7-5-4-6-8-14/h4-12,15H,3H2,1-2H3,(H,22,23)(H,24,25,26)/t15-/m1/s1. The van der Waals surface area contributed by atoms with Gasteiger partial charge in [-0.05, 0) is 31.0 Å². The first kappa shape index (κ1) is 16.2. The molecule has 0 bridgehead atoms. The van der Waals surface area contributed by atoms with Gasteiger partial charge in [0.05, 0.1) is 29.0 Å². The molecule has 4 aromatic rings. The summed E-state index contributed by atoms with van der Waals surface area (Å²) in [5.41, 5.74) is 5.01. The summed E-state index contributed by atoms with van der Waals surface area (Å²) in [6.45, 7) is 4.18. The van der Waals surface area contributed by atoms with Crippen LogP contribution in [0.4, 0.5) is 5.95 Å². The van der Waals surface area contributed by atoms with Crippen LogP contribution in [0.1, 0.15) is 30.8 Å². The third kappa shape index (κ3) is 3.26. The molecule has 0 saturated heterocycles.